The summed E-state index contributed by atoms with van der Waals surface area (Å²) >= 11 is 0. The molecule has 0 aliphatic heterocycles. The van der Waals surface area contributed by atoms with Gasteiger partial charge >= 0.3 is 0 Å². The van der Waals surface area contributed by atoms with Crippen molar-refractivity contribution >= 4 is 5.91 Å². The Morgan fingerprint density at radius 3 is 2.12 bits per heavy atom. The molecule has 0 radical (unpaired) electrons. The van der Waals surface area contributed by atoms with Crippen molar-refractivity contribution in [3.63, 3.8) is 0 Å². The first-order valence-corrected chi connectivity index (χ1v) is 6.22. The van der Waals surface area contributed by atoms with Crippen LogP contribution in [0.4, 0.5) is 0 Å². The molecule has 1 amide bonds. The van der Waals surface area contributed by atoms with E-state index in [-0.39, 0.29) is 0 Å². The number of unbranched alkanes of at least 4 members (excludes halogenated alkanes) is 6. The van der Waals surface area contributed by atoms with Gasteiger partial charge < -0.3 is 5.73 Å². The first-order valence-electron chi connectivity index (χ1n) is 6.22. The van der Waals surface area contributed by atoms with E-state index in [4.69, 9.17) is 0 Å². The van der Waals surface area contributed by atoms with Crippen LogP contribution in [-0.2, 0) is 4.79 Å². The van der Waals surface area contributed by atoms with E-state index < -0.39 is 5.91 Å². The molecule has 0 aliphatic rings. The van der Waals surface area contributed by atoms with E-state index in [1.165, 1.54) is 44.9 Å². The molecule has 0 rings (SSSR count). The smallest absolute Gasteiger partial charge is 0.240 e. The number of carbonyl (C=O) groups is 1. The first kappa shape index (κ1) is 17.3. The zero-order valence-corrected chi connectivity index (χ0v) is 10.9. The normalized spacial score (nSPS) is 9.62. The highest BCUT2D eigenvalue weighted by Crippen LogP contribution is 2.06. The molecule has 0 bridgehead atoms. The number of amides is 1. The summed E-state index contributed by atoms with van der Waals surface area (Å²) in [6.07, 6.45) is 15.2. The van der Waals surface area contributed by atoms with E-state index in [2.05, 4.69) is 38.3 Å². The Kier molecular flexibility index (Phi) is 17.8. The summed E-state index contributed by atoms with van der Waals surface area (Å²) in [5, 5.41) is 0. The molecule has 2 N–H and O–H groups in total. The Labute approximate surface area is 101 Å². The average molecular weight is 225 g/mol. The van der Waals surface area contributed by atoms with E-state index in [1.807, 2.05) is 0 Å². The molecule has 0 spiro atoms. The monoisotopic (exact) mass is 225 g/mol. The Bertz CT molecular complexity index is 185. The number of rotatable bonds is 8. The lowest BCUT2D eigenvalue weighted by molar-refractivity contribution is -0.113. The molecule has 0 saturated carbocycles. The lowest BCUT2D eigenvalue weighted by atomic mass is 10.1. The van der Waals surface area contributed by atoms with Crippen LogP contribution in [0.5, 0.6) is 0 Å². The fourth-order valence-electron chi connectivity index (χ4n) is 1.21. The van der Waals surface area contributed by atoms with Crippen molar-refractivity contribution in [3.8, 4) is 0 Å². The quantitative estimate of drug-likeness (QED) is 0.379. The number of primary amides is 1. The Morgan fingerprint density at radius 2 is 1.69 bits per heavy atom. The van der Waals surface area contributed by atoms with Gasteiger partial charge in [0.15, 0.2) is 0 Å². The van der Waals surface area contributed by atoms with E-state index >= 15 is 0 Å². The third-order valence-electron chi connectivity index (χ3n) is 2.16. The predicted octanol–water partition coefficient (Wildman–Crippen LogP) is 3.97. The molecule has 0 aromatic heterocycles. The topological polar surface area (TPSA) is 43.1 Å². The van der Waals surface area contributed by atoms with Crippen LogP contribution in [0.1, 0.15) is 58.8 Å². The van der Waals surface area contributed by atoms with Crippen LogP contribution in [-0.4, -0.2) is 5.91 Å². The molecule has 16 heavy (non-hydrogen) atoms. The maximum absolute atomic E-state index is 9.47. The Hall–Kier alpha value is -1.05. The van der Waals surface area contributed by atoms with Gasteiger partial charge in [-0.15, -0.1) is 0 Å². The molecule has 0 atom stereocenters. The van der Waals surface area contributed by atoms with Crippen LogP contribution < -0.4 is 5.73 Å². The summed E-state index contributed by atoms with van der Waals surface area (Å²) in [6, 6.07) is 0. The first-order chi connectivity index (χ1) is 7.68. The van der Waals surface area contributed by atoms with Gasteiger partial charge in [0.05, 0.1) is 0 Å². The fourth-order valence-corrected chi connectivity index (χ4v) is 1.21. The Morgan fingerprint density at radius 1 is 1.19 bits per heavy atom. The summed E-state index contributed by atoms with van der Waals surface area (Å²) in [4.78, 5) is 9.47. The van der Waals surface area contributed by atoms with Gasteiger partial charge in [-0.2, -0.15) is 0 Å². The van der Waals surface area contributed by atoms with Gasteiger partial charge in [-0.05, 0) is 25.8 Å². The summed E-state index contributed by atoms with van der Waals surface area (Å²) in [7, 11) is 0. The lowest BCUT2D eigenvalue weighted by Gasteiger charge is -1.96. The van der Waals surface area contributed by atoms with Crippen LogP contribution in [0.15, 0.2) is 24.8 Å². The maximum Gasteiger partial charge on any atom is 0.240 e. The minimum absolute atomic E-state index is 0.481. The van der Waals surface area contributed by atoms with Crippen LogP contribution in [0, 0.1) is 0 Å². The third-order valence-corrected chi connectivity index (χ3v) is 2.16. The summed E-state index contributed by atoms with van der Waals surface area (Å²) in [5.74, 6) is -0.481. The van der Waals surface area contributed by atoms with Gasteiger partial charge in [0, 0.05) is 0 Å². The van der Waals surface area contributed by atoms with E-state index in [0.29, 0.717) is 0 Å². The number of hydrogen-bond acceptors (Lipinski definition) is 1. The van der Waals surface area contributed by atoms with Crippen molar-refractivity contribution in [3.05, 3.63) is 24.8 Å². The molecule has 2 heteroatoms. The van der Waals surface area contributed by atoms with Crippen molar-refractivity contribution < 1.29 is 4.79 Å². The molecule has 0 fully saturated rings. The minimum Gasteiger partial charge on any atom is -0.366 e. The van der Waals surface area contributed by atoms with Crippen molar-refractivity contribution in [1.29, 1.82) is 0 Å². The second-order valence-corrected chi connectivity index (χ2v) is 3.73. The molecule has 0 aromatic carbocycles. The zero-order chi connectivity index (χ0) is 12.6. The fraction of sp³-hybridized carbons (Fsp3) is 0.643. The molecule has 0 saturated heterocycles. The summed E-state index contributed by atoms with van der Waals surface area (Å²) in [5.41, 5.74) is 4.53. The Balaban J connectivity index is 0. The number of allylic oxidation sites excluding steroid dienone is 2. The SMILES string of the molecule is C=CC(N)=O.CC=CCCCCCCCC. The van der Waals surface area contributed by atoms with E-state index in [0.717, 1.165) is 6.08 Å². The number of hydrogen-bond donors (Lipinski definition) is 1. The molecular weight excluding hydrogens is 198 g/mol. The van der Waals surface area contributed by atoms with E-state index in [1.54, 1.807) is 0 Å². The largest absolute Gasteiger partial charge is 0.366 e. The van der Waals surface area contributed by atoms with Crippen molar-refractivity contribution in [2.24, 2.45) is 5.73 Å². The molecule has 0 unspecified atom stereocenters. The highest BCUT2D eigenvalue weighted by molar-refractivity contribution is 5.84. The second-order valence-electron chi connectivity index (χ2n) is 3.73. The summed E-state index contributed by atoms with van der Waals surface area (Å²) in [6.45, 7) is 7.44. The molecule has 0 heterocycles. The minimum atomic E-state index is -0.481. The highest BCUT2D eigenvalue weighted by atomic mass is 16.1. The van der Waals surface area contributed by atoms with Crippen LogP contribution in [0.2, 0.25) is 0 Å². The van der Waals surface area contributed by atoms with Crippen molar-refractivity contribution in [2.75, 3.05) is 0 Å². The van der Waals surface area contributed by atoms with Crippen LogP contribution >= 0.6 is 0 Å². The lowest BCUT2D eigenvalue weighted by Crippen LogP contribution is -2.04. The van der Waals surface area contributed by atoms with Gasteiger partial charge in [0.2, 0.25) is 5.91 Å². The van der Waals surface area contributed by atoms with Crippen LogP contribution in [0.25, 0.3) is 0 Å². The predicted molar refractivity (Wildman–Crippen MR) is 72.2 cm³/mol. The van der Waals surface area contributed by atoms with Crippen molar-refractivity contribution in [2.45, 2.75) is 58.8 Å². The molecule has 94 valence electrons. The molecule has 0 aliphatic carbocycles. The molecular formula is C14H27NO. The highest BCUT2D eigenvalue weighted by Gasteiger charge is 1.86. The maximum atomic E-state index is 9.47. The van der Waals surface area contributed by atoms with E-state index in [9.17, 15) is 4.79 Å². The van der Waals surface area contributed by atoms with Crippen LogP contribution in [0.3, 0.4) is 0 Å². The average Bonchev–Trinajstić information content (AvgIpc) is 2.29. The van der Waals surface area contributed by atoms with Gasteiger partial charge in [0.25, 0.3) is 0 Å². The summed E-state index contributed by atoms with van der Waals surface area (Å²) < 4.78 is 0. The third kappa shape index (κ3) is 23.1. The zero-order valence-electron chi connectivity index (χ0n) is 10.9. The molecule has 0 aromatic rings. The van der Waals surface area contributed by atoms with Crippen molar-refractivity contribution in [1.82, 2.24) is 0 Å². The second kappa shape index (κ2) is 16.4. The number of nitrogens with two attached hydrogens (primary N) is 1. The molecule has 2 nitrogen and oxygen atoms in total. The standard InChI is InChI=1S/C11H22.C3H5NO/c1-3-5-7-9-11-10-8-6-4-2;1-2-3(4)5/h3,5H,4,6-11H2,1-2H3;2H,1H2,(H2,4,5). The van der Waals surface area contributed by atoms with Gasteiger partial charge in [0.1, 0.15) is 0 Å². The van der Waals surface area contributed by atoms with Gasteiger partial charge in [-0.1, -0.05) is 57.8 Å². The van der Waals surface area contributed by atoms with Gasteiger partial charge in [-0.3, -0.25) is 4.79 Å². The van der Waals surface area contributed by atoms with Gasteiger partial charge in [-0.25, -0.2) is 0 Å². The number of carbonyl (C=O) groups excluding carboxylic acids is 1.